The van der Waals surface area contributed by atoms with Gasteiger partial charge in [0.2, 0.25) is 5.78 Å². The molecule has 7 nitrogen and oxygen atoms in total. The van der Waals surface area contributed by atoms with E-state index in [1.54, 1.807) is 38.1 Å². The third kappa shape index (κ3) is 7.38. The Morgan fingerprint density at radius 1 is 1.22 bits per heavy atom. The molecule has 0 saturated heterocycles. The number of carbonyl (C=O) groups excluding carboxylic acids is 2. The van der Waals surface area contributed by atoms with Crippen LogP contribution in [0.3, 0.4) is 0 Å². The fourth-order valence-electron chi connectivity index (χ4n) is 1.90. The highest BCUT2D eigenvalue weighted by Crippen LogP contribution is 2.27. The third-order valence-electron chi connectivity index (χ3n) is 3.27. The quantitative estimate of drug-likeness (QED) is 0.656. The number of hydrogen-bond acceptors (Lipinski definition) is 6. The average molecular weight is 396 g/mol. The molecule has 1 unspecified atom stereocenters. The summed E-state index contributed by atoms with van der Waals surface area (Å²) in [6, 6.07) is 6.62. The van der Waals surface area contributed by atoms with Crippen molar-refractivity contribution in [3.63, 3.8) is 0 Å². The van der Waals surface area contributed by atoms with Crippen molar-refractivity contribution in [1.29, 1.82) is 0 Å². The molecule has 0 saturated carbocycles. The first-order valence-electron chi connectivity index (χ1n) is 8.65. The van der Waals surface area contributed by atoms with Crippen LogP contribution in [0.4, 0.5) is 0 Å². The summed E-state index contributed by atoms with van der Waals surface area (Å²) in [4.78, 5) is 27.8. The fraction of sp³-hybridized carbons (Fsp3) is 0.474. The molecule has 8 heteroatoms. The van der Waals surface area contributed by atoms with Gasteiger partial charge in [0.1, 0.15) is 25.0 Å². The monoisotopic (exact) mass is 395 g/mol. The molecular weight excluding hydrogens is 370 g/mol. The Balaban J connectivity index is 0.00000114. The number of nitrogens with zero attached hydrogens (tertiary/aromatic N) is 3. The van der Waals surface area contributed by atoms with Crippen LogP contribution in [0, 0.1) is 5.41 Å². The van der Waals surface area contributed by atoms with Crippen molar-refractivity contribution in [2.24, 2.45) is 5.41 Å². The van der Waals surface area contributed by atoms with Crippen LogP contribution in [0.25, 0.3) is 0 Å². The smallest absolute Gasteiger partial charge is 0.302 e. The van der Waals surface area contributed by atoms with E-state index in [0.29, 0.717) is 10.8 Å². The zero-order valence-electron chi connectivity index (χ0n) is 16.3. The van der Waals surface area contributed by atoms with Crippen molar-refractivity contribution in [2.75, 3.05) is 6.61 Å². The molecule has 148 valence electrons. The summed E-state index contributed by atoms with van der Waals surface area (Å²) in [5, 5.41) is 4.54. The largest absolute Gasteiger partial charge is 0.465 e. The van der Waals surface area contributed by atoms with E-state index < -0.39 is 17.6 Å². The summed E-state index contributed by atoms with van der Waals surface area (Å²) in [5.74, 6) is -0.299. The minimum Gasteiger partial charge on any atom is -0.465 e. The molecule has 0 spiro atoms. The molecule has 0 aliphatic carbocycles. The van der Waals surface area contributed by atoms with Crippen LogP contribution < -0.4 is 4.74 Å². The lowest BCUT2D eigenvalue weighted by molar-refractivity contribution is -0.151. The summed E-state index contributed by atoms with van der Waals surface area (Å²) < 4.78 is 12.1. The number of benzene rings is 1. The first-order chi connectivity index (χ1) is 12.7. The molecule has 0 bridgehead atoms. The molecule has 2 aromatic rings. The lowest BCUT2D eigenvalue weighted by Gasteiger charge is -2.27. The third-order valence-corrected chi connectivity index (χ3v) is 3.52. The van der Waals surface area contributed by atoms with E-state index in [-0.39, 0.29) is 12.4 Å². The second kappa shape index (κ2) is 10.7. The van der Waals surface area contributed by atoms with Gasteiger partial charge < -0.3 is 9.47 Å². The second-order valence-electron chi connectivity index (χ2n) is 6.54. The van der Waals surface area contributed by atoms with Crippen molar-refractivity contribution in [2.45, 2.75) is 47.3 Å². The minimum absolute atomic E-state index is 0.0592. The Labute approximate surface area is 164 Å². The van der Waals surface area contributed by atoms with Gasteiger partial charge in [0, 0.05) is 11.9 Å². The SMILES string of the molecule is CC(=O)OCC(C)(C)C(=O)C(Oc1ccc(Cl)cc1)n1cncn1.CCC. The highest BCUT2D eigenvalue weighted by atomic mass is 35.5. The summed E-state index contributed by atoms with van der Waals surface area (Å²) in [6.07, 6.45) is 2.91. The number of ketones is 1. The van der Waals surface area contributed by atoms with Gasteiger partial charge in [-0.3, -0.25) is 9.59 Å². The predicted molar refractivity (Wildman–Crippen MR) is 103 cm³/mol. The number of hydrogen-bond donors (Lipinski definition) is 0. The Kier molecular flexibility index (Phi) is 8.94. The fourth-order valence-corrected chi connectivity index (χ4v) is 2.02. The maximum atomic E-state index is 12.9. The van der Waals surface area contributed by atoms with Crippen molar-refractivity contribution in [3.8, 4) is 5.75 Å². The number of rotatable bonds is 7. The van der Waals surface area contributed by atoms with Crippen molar-refractivity contribution in [3.05, 3.63) is 41.9 Å². The number of Topliss-reactive ketones (excluding diaryl/α,β-unsaturated/α-hetero) is 1. The van der Waals surface area contributed by atoms with Gasteiger partial charge >= 0.3 is 5.97 Å². The Morgan fingerprint density at radius 2 is 1.81 bits per heavy atom. The Morgan fingerprint density at radius 3 is 2.30 bits per heavy atom. The molecule has 0 N–H and O–H groups in total. The van der Waals surface area contributed by atoms with Gasteiger partial charge in [-0.2, -0.15) is 5.10 Å². The van der Waals surface area contributed by atoms with Crippen LogP contribution in [0.1, 0.15) is 47.3 Å². The standard InChI is InChI=1S/C16H18ClN3O4.C3H8/c1-11(21)23-8-16(2,3)14(22)15(20-10-18-9-19-20)24-13-6-4-12(17)5-7-13;1-3-2/h4-7,9-10,15H,8H2,1-3H3;3H2,1-2H3. The zero-order valence-corrected chi connectivity index (χ0v) is 17.1. The molecule has 2 rings (SSSR count). The first-order valence-corrected chi connectivity index (χ1v) is 9.03. The van der Waals surface area contributed by atoms with E-state index in [1.165, 1.54) is 30.7 Å². The number of halogens is 1. The van der Waals surface area contributed by atoms with Crippen molar-refractivity contribution in [1.82, 2.24) is 14.8 Å². The highest BCUT2D eigenvalue weighted by Gasteiger charge is 2.38. The molecule has 0 amide bonds. The Hall–Kier alpha value is -2.41. The number of carbonyl (C=O) groups is 2. The van der Waals surface area contributed by atoms with E-state index in [2.05, 4.69) is 23.9 Å². The maximum absolute atomic E-state index is 12.9. The lowest BCUT2D eigenvalue weighted by atomic mass is 9.88. The van der Waals surface area contributed by atoms with Crippen molar-refractivity contribution >= 4 is 23.4 Å². The normalized spacial score (nSPS) is 11.8. The van der Waals surface area contributed by atoms with E-state index >= 15 is 0 Å². The minimum atomic E-state index is -1.04. The summed E-state index contributed by atoms with van der Waals surface area (Å²) >= 11 is 5.86. The van der Waals surface area contributed by atoms with Gasteiger partial charge in [0.05, 0.1) is 5.41 Å². The second-order valence-corrected chi connectivity index (χ2v) is 6.97. The van der Waals surface area contributed by atoms with E-state index in [4.69, 9.17) is 21.1 Å². The number of esters is 1. The number of ether oxygens (including phenoxy) is 2. The zero-order chi connectivity index (χ0) is 20.4. The molecule has 1 aromatic heterocycles. The van der Waals surface area contributed by atoms with Gasteiger partial charge in [-0.05, 0) is 38.1 Å². The van der Waals surface area contributed by atoms with Crippen LogP contribution in [-0.2, 0) is 14.3 Å². The summed E-state index contributed by atoms with van der Waals surface area (Å²) in [6.45, 7) is 8.83. The average Bonchev–Trinajstić information content (AvgIpc) is 3.14. The summed E-state index contributed by atoms with van der Waals surface area (Å²) in [5.41, 5.74) is -0.964. The van der Waals surface area contributed by atoms with Gasteiger partial charge in [0.25, 0.3) is 6.23 Å². The van der Waals surface area contributed by atoms with Crippen LogP contribution in [0.5, 0.6) is 5.75 Å². The molecule has 0 radical (unpaired) electrons. The summed E-state index contributed by atoms with van der Waals surface area (Å²) in [7, 11) is 0. The van der Waals surface area contributed by atoms with Gasteiger partial charge in [0.15, 0.2) is 0 Å². The van der Waals surface area contributed by atoms with E-state index in [1.807, 2.05) is 0 Å². The molecule has 0 aliphatic rings. The van der Waals surface area contributed by atoms with Crippen LogP contribution in [-0.4, -0.2) is 33.1 Å². The predicted octanol–water partition coefficient (Wildman–Crippen LogP) is 4.08. The van der Waals surface area contributed by atoms with Gasteiger partial charge in [-0.25, -0.2) is 9.67 Å². The highest BCUT2D eigenvalue weighted by molar-refractivity contribution is 6.30. The van der Waals surface area contributed by atoms with E-state index in [9.17, 15) is 9.59 Å². The molecule has 27 heavy (non-hydrogen) atoms. The number of aromatic nitrogens is 3. The molecular formula is C19H26ClN3O4. The topological polar surface area (TPSA) is 83.3 Å². The molecule has 1 aromatic carbocycles. The molecule has 1 heterocycles. The van der Waals surface area contributed by atoms with Gasteiger partial charge in [-0.15, -0.1) is 0 Å². The maximum Gasteiger partial charge on any atom is 0.302 e. The molecule has 1 atom stereocenters. The van der Waals surface area contributed by atoms with Crippen molar-refractivity contribution < 1.29 is 19.1 Å². The van der Waals surface area contributed by atoms with Gasteiger partial charge in [-0.1, -0.05) is 31.9 Å². The molecule has 0 fully saturated rings. The molecule has 0 aliphatic heterocycles. The van der Waals surface area contributed by atoms with E-state index in [0.717, 1.165) is 0 Å². The van der Waals surface area contributed by atoms with Crippen LogP contribution >= 0.6 is 11.6 Å². The Bertz CT molecular complexity index is 715. The van der Waals surface area contributed by atoms with Crippen LogP contribution in [0.15, 0.2) is 36.9 Å². The van der Waals surface area contributed by atoms with Crippen LogP contribution in [0.2, 0.25) is 5.02 Å². The lowest BCUT2D eigenvalue weighted by Crippen LogP contribution is -2.39. The first kappa shape index (κ1) is 22.6.